The summed E-state index contributed by atoms with van der Waals surface area (Å²) in [6, 6.07) is 7.78. The Morgan fingerprint density at radius 3 is 2.44 bits per heavy atom. The molecule has 1 aliphatic rings. The van der Waals surface area contributed by atoms with Gasteiger partial charge in [-0.3, -0.25) is 9.69 Å². The first-order chi connectivity index (χ1) is 12.0. The zero-order chi connectivity index (χ0) is 17.8. The SMILES string of the molecule is Cc1cc(N2CCN(CC(=O)Nc3ccc(F)cc3)CC2)nc(C)n1. The molecule has 0 radical (unpaired) electrons. The van der Waals surface area contributed by atoms with Crippen LogP contribution in [0.4, 0.5) is 15.9 Å². The predicted molar refractivity (Wildman–Crippen MR) is 95.2 cm³/mol. The highest BCUT2D eigenvalue weighted by atomic mass is 19.1. The van der Waals surface area contributed by atoms with Crippen molar-refractivity contribution in [1.29, 1.82) is 0 Å². The number of piperazine rings is 1. The molecule has 1 aromatic carbocycles. The van der Waals surface area contributed by atoms with Crippen molar-refractivity contribution in [3.63, 3.8) is 0 Å². The number of aromatic nitrogens is 2. The summed E-state index contributed by atoms with van der Waals surface area (Å²) in [7, 11) is 0. The second kappa shape index (κ2) is 7.57. The van der Waals surface area contributed by atoms with Crippen LogP contribution < -0.4 is 10.2 Å². The molecule has 2 heterocycles. The maximum Gasteiger partial charge on any atom is 0.238 e. The third-order valence-corrected chi connectivity index (χ3v) is 4.14. The highest BCUT2D eigenvalue weighted by Crippen LogP contribution is 2.15. The van der Waals surface area contributed by atoms with E-state index < -0.39 is 0 Å². The molecule has 1 aromatic heterocycles. The Bertz CT molecular complexity index is 721. The third-order valence-electron chi connectivity index (χ3n) is 4.14. The third kappa shape index (κ3) is 4.73. The van der Waals surface area contributed by atoms with Crippen LogP contribution in [0.2, 0.25) is 0 Å². The molecule has 0 bridgehead atoms. The minimum atomic E-state index is -0.315. The number of hydrogen-bond donors (Lipinski definition) is 1. The first-order valence-electron chi connectivity index (χ1n) is 8.34. The molecular formula is C18H22FN5O. The number of nitrogens with one attached hydrogen (secondary N) is 1. The summed E-state index contributed by atoms with van der Waals surface area (Å²) in [5, 5.41) is 2.79. The van der Waals surface area contributed by atoms with Crippen LogP contribution >= 0.6 is 0 Å². The quantitative estimate of drug-likeness (QED) is 0.920. The van der Waals surface area contributed by atoms with Crippen molar-refractivity contribution in [2.24, 2.45) is 0 Å². The number of carbonyl (C=O) groups is 1. The Morgan fingerprint density at radius 2 is 1.80 bits per heavy atom. The Balaban J connectivity index is 1.50. The molecular weight excluding hydrogens is 321 g/mol. The normalized spacial score (nSPS) is 15.2. The maximum atomic E-state index is 12.9. The van der Waals surface area contributed by atoms with Crippen LogP contribution in [0, 0.1) is 19.7 Å². The van der Waals surface area contributed by atoms with Crippen molar-refractivity contribution in [2.75, 3.05) is 42.9 Å². The van der Waals surface area contributed by atoms with E-state index in [0.717, 1.165) is 43.5 Å². The lowest BCUT2D eigenvalue weighted by Crippen LogP contribution is -2.49. The summed E-state index contributed by atoms with van der Waals surface area (Å²) in [6.07, 6.45) is 0. The van der Waals surface area contributed by atoms with Crippen molar-refractivity contribution < 1.29 is 9.18 Å². The molecule has 1 saturated heterocycles. The summed E-state index contributed by atoms with van der Waals surface area (Å²) in [4.78, 5) is 25.2. The zero-order valence-electron chi connectivity index (χ0n) is 14.5. The smallest absolute Gasteiger partial charge is 0.238 e. The molecule has 1 aliphatic heterocycles. The molecule has 6 nitrogen and oxygen atoms in total. The van der Waals surface area contributed by atoms with E-state index in [1.807, 2.05) is 19.9 Å². The van der Waals surface area contributed by atoms with Gasteiger partial charge in [-0.05, 0) is 38.1 Å². The average molecular weight is 343 g/mol. The monoisotopic (exact) mass is 343 g/mol. The van der Waals surface area contributed by atoms with Crippen molar-refractivity contribution >= 4 is 17.4 Å². The lowest BCUT2D eigenvalue weighted by atomic mass is 10.2. The second-order valence-corrected chi connectivity index (χ2v) is 6.23. The standard InChI is InChI=1S/C18H22FN5O/c1-13-11-17(21-14(2)20-13)24-9-7-23(8-10-24)12-18(25)22-16-5-3-15(19)4-6-16/h3-6,11H,7-10,12H2,1-2H3,(H,22,25). The van der Waals surface area contributed by atoms with Crippen LogP contribution in [-0.2, 0) is 4.79 Å². The Labute approximate surface area is 146 Å². The fourth-order valence-corrected chi connectivity index (χ4v) is 2.93. The molecule has 7 heteroatoms. The zero-order valence-corrected chi connectivity index (χ0v) is 14.5. The second-order valence-electron chi connectivity index (χ2n) is 6.23. The molecule has 1 amide bonds. The molecule has 3 rings (SSSR count). The summed E-state index contributed by atoms with van der Waals surface area (Å²) in [5.41, 5.74) is 1.57. The van der Waals surface area contributed by atoms with Crippen LogP contribution in [0.15, 0.2) is 30.3 Å². The van der Waals surface area contributed by atoms with Gasteiger partial charge in [0.25, 0.3) is 0 Å². The van der Waals surface area contributed by atoms with Crippen LogP contribution in [0.1, 0.15) is 11.5 Å². The van der Waals surface area contributed by atoms with Crippen molar-refractivity contribution in [1.82, 2.24) is 14.9 Å². The van der Waals surface area contributed by atoms with Crippen molar-refractivity contribution in [3.8, 4) is 0 Å². The molecule has 0 spiro atoms. The Morgan fingerprint density at radius 1 is 1.12 bits per heavy atom. The first kappa shape index (κ1) is 17.3. The molecule has 0 atom stereocenters. The molecule has 0 unspecified atom stereocenters. The lowest BCUT2D eigenvalue weighted by Gasteiger charge is -2.35. The van der Waals surface area contributed by atoms with Gasteiger partial charge in [0.2, 0.25) is 5.91 Å². The van der Waals surface area contributed by atoms with Gasteiger partial charge in [0.15, 0.2) is 0 Å². The number of rotatable bonds is 4. The molecule has 1 N–H and O–H groups in total. The summed E-state index contributed by atoms with van der Waals surface area (Å²) < 4.78 is 12.9. The summed E-state index contributed by atoms with van der Waals surface area (Å²) in [5.74, 6) is 1.31. The number of anilines is 2. The Hall–Kier alpha value is -2.54. The largest absolute Gasteiger partial charge is 0.354 e. The minimum absolute atomic E-state index is 0.0891. The van der Waals surface area contributed by atoms with Gasteiger partial charge in [0.05, 0.1) is 6.54 Å². The average Bonchev–Trinajstić information content (AvgIpc) is 2.57. The number of hydrogen-bond acceptors (Lipinski definition) is 5. The number of amides is 1. The van der Waals surface area contributed by atoms with E-state index in [1.54, 1.807) is 12.1 Å². The number of aryl methyl sites for hydroxylation is 2. The molecule has 0 saturated carbocycles. The van der Waals surface area contributed by atoms with Crippen LogP contribution in [-0.4, -0.2) is 53.5 Å². The van der Waals surface area contributed by atoms with E-state index in [-0.39, 0.29) is 11.7 Å². The van der Waals surface area contributed by atoms with Gasteiger partial charge in [-0.15, -0.1) is 0 Å². The molecule has 132 valence electrons. The van der Waals surface area contributed by atoms with E-state index in [9.17, 15) is 9.18 Å². The lowest BCUT2D eigenvalue weighted by molar-refractivity contribution is -0.117. The van der Waals surface area contributed by atoms with E-state index in [0.29, 0.717) is 12.2 Å². The topological polar surface area (TPSA) is 61.4 Å². The van der Waals surface area contributed by atoms with Gasteiger partial charge >= 0.3 is 0 Å². The molecule has 1 fully saturated rings. The first-order valence-corrected chi connectivity index (χ1v) is 8.34. The van der Waals surface area contributed by atoms with Gasteiger partial charge in [-0.25, -0.2) is 14.4 Å². The van der Waals surface area contributed by atoms with Gasteiger partial charge in [0.1, 0.15) is 17.5 Å². The molecule has 2 aromatic rings. The van der Waals surface area contributed by atoms with E-state index in [1.165, 1.54) is 12.1 Å². The van der Waals surface area contributed by atoms with Gasteiger partial charge in [-0.1, -0.05) is 0 Å². The summed E-state index contributed by atoms with van der Waals surface area (Å²) in [6.45, 7) is 7.41. The van der Waals surface area contributed by atoms with E-state index in [2.05, 4.69) is 25.1 Å². The van der Waals surface area contributed by atoms with Gasteiger partial charge in [0, 0.05) is 43.6 Å². The van der Waals surface area contributed by atoms with Gasteiger partial charge in [-0.2, -0.15) is 0 Å². The fraction of sp³-hybridized carbons (Fsp3) is 0.389. The molecule has 0 aliphatic carbocycles. The fourth-order valence-electron chi connectivity index (χ4n) is 2.93. The highest BCUT2D eigenvalue weighted by molar-refractivity contribution is 5.92. The number of benzene rings is 1. The van der Waals surface area contributed by atoms with E-state index in [4.69, 9.17) is 0 Å². The Kier molecular flexibility index (Phi) is 5.23. The highest BCUT2D eigenvalue weighted by Gasteiger charge is 2.20. The van der Waals surface area contributed by atoms with E-state index >= 15 is 0 Å². The van der Waals surface area contributed by atoms with Crippen LogP contribution in [0.5, 0.6) is 0 Å². The van der Waals surface area contributed by atoms with Crippen LogP contribution in [0.3, 0.4) is 0 Å². The predicted octanol–water partition coefficient (Wildman–Crippen LogP) is 1.99. The van der Waals surface area contributed by atoms with Crippen molar-refractivity contribution in [2.45, 2.75) is 13.8 Å². The molecule has 25 heavy (non-hydrogen) atoms. The summed E-state index contributed by atoms with van der Waals surface area (Å²) >= 11 is 0. The number of carbonyl (C=O) groups excluding carboxylic acids is 1. The number of halogens is 1. The van der Waals surface area contributed by atoms with Gasteiger partial charge < -0.3 is 10.2 Å². The number of nitrogens with zero attached hydrogens (tertiary/aromatic N) is 4. The minimum Gasteiger partial charge on any atom is -0.354 e. The maximum absolute atomic E-state index is 12.9. The van der Waals surface area contributed by atoms with Crippen LogP contribution in [0.25, 0.3) is 0 Å². The van der Waals surface area contributed by atoms with Crippen molar-refractivity contribution in [3.05, 3.63) is 47.7 Å².